The van der Waals surface area contributed by atoms with Crippen LogP contribution in [0.15, 0.2) is 57.7 Å². The van der Waals surface area contributed by atoms with E-state index in [4.69, 9.17) is 4.42 Å². The Kier molecular flexibility index (Phi) is 5.56. The molecule has 1 aromatic heterocycles. The highest BCUT2D eigenvalue weighted by atomic mass is 16.4. The van der Waals surface area contributed by atoms with Gasteiger partial charge in [-0.25, -0.2) is 4.79 Å². The SMILES string of the molecule is CCc1ccc(CN(C)C(=O)CCCn2c(=O)oc3ccccc32)cc1. The van der Waals surface area contributed by atoms with Gasteiger partial charge in [0.05, 0.1) is 5.52 Å². The first-order valence-electron chi connectivity index (χ1n) is 8.98. The van der Waals surface area contributed by atoms with Crippen LogP contribution in [0.3, 0.4) is 0 Å². The first kappa shape index (κ1) is 18.0. The predicted molar refractivity (Wildman–Crippen MR) is 102 cm³/mol. The van der Waals surface area contributed by atoms with Crippen molar-refractivity contribution >= 4 is 17.0 Å². The van der Waals surface area contributed by atoms with Gasteiger partial charge in [-0.15, -0.1) is 0 Å². The van der Waals surface area contributed by atoms with Gasteiger partial charge >= 0.3 is 5.76 Å². The van der Waals surface area contributed by atoms with Gasteiger partial charge in [-0.1, -0.05) is 43.3 Å². The van der Waals surface area contributed by atoms with Crippen molar-refractivity contribution in [1.29, 1.82) is 0 Å². The van der Waals surface area contributed by atoms with Gasteiger partial charge < -0.3 is 9.32 Å². The summed E-state index contributed by atoms with van der Waals surface area (Å²) in [6, 6.07) is 15.7. The van der Waals surface area contributed by atoms with Crippen molar-refractivity contribution in [2.75, 3.05) is 7.05 Å². The molecule has 136 valence electrons. The number of amides is 1. The molecule has 0 radical (unpaired) electrons. The molecule has 0 aliphatic heterocycles. The number of carbonyl (C=O) groups is 1. The summed E-state index contributed by atoms with van der Waals surface area (Å²) in [6.45, 7) is 3.19. The lowest BCUT2D eigenvalue weighted by Gasteiger charge is -2.17. The number of aryl methyl sites for hydroxylation is 2. The van der Waals surface area contributed by atoms with E-state index in [1.165, 1.54) is 5.56 Å². The maximum absolute atomic E-state index is 12.4. The molecule has 2 aromatic carbocycles. The first-order chi connectivity index (χ1) is 12.6. The van der Waals surface area contributed by atoms with Crippen LogP contribution in [0.2, 0.25) is 0 Å². The number of benzene rings is 2. The van der Waals surface area contributed by atoms with Crippen LogP contribution in [0, 0.1) is 0 Å². The standard InChI is InChI=1S/C21H24N2O3/c1-3-16-10-12-17(13-11-16)15-22(2)20(24)9-6-14-23-18-7-4-5-8-19(18)26-21(23)25/h4-5,7-8,10-13H,3,6,9,14-15H2,1-2H3. The highest BCUT2D eigenvalue weighted by molar-refractivity contribution is 5.76. The molecule has 3 rings (SSSR count). The molecule has 0 unspecified atom stereocenters. The van der Waals surface area contributed by atoms with E-state index in [1.807, 2.05) is 25.2 Å². The minimum absolute atomic E-state index is 0.0745. The number of hydrogen-bond donors (Lipinski definition) is 0. The van der Waals surface area contributed by atoms with Crippen LogP contribution in [-0.4, -0.2) is 22.4 Å². The van der Waals surface area contributed by atoms with Gasteiger partial charge in [0.25, 0.3) is 0 Å². The summed E-state index contributed by atoms with van der Waals surface area (Å²) in [7, 11) is 1.81. The molecule has 5 nitrogen and oxygen atoms in total. The maximum atomic E-state index is 12.4. The van der Waals surface area contributed by atoms with Gasteiger partial charge in [0, 0.05) is 26.6 Å². The quantitative estimate of drug-likeness (QED) is 0.653. The minimum Gasteiger partial charge on any atom is -0.408 e. The number of nitrogens with zero attached hydrogens (tertiary/aromatic N) is 2. The highest BCUT2D eigenvalue weighted by Gasteiger charge is 2.12. The van der Waals surface area contributed by atoms with Crippen LogP contribution in [0.1, 0.15) is 30.9 Å². The van der Waals surface area contributed by atoms with E-state index in [0.29, 0.717) is 31.5 Å². The van der Waals surface area contributed by atoms with E-state index in [-0.39, 0.29) is 11.7 Å². The van der Waals surface area contributed by atoms with Crippen LogP contribution in [0.4, 0.5) is 0 Å². The number of carbonyl (C=O) groups excluding carboxylic acids is 1. The van der Waals surface area contributed by atoms with Crippen molar-refractivity contribution in [3.63, 3.8) is 0 Å². The molecule has 0 N–H and O–H groups in total. The zero-order valence-corrected chi connectivity index (χ0v) is 15.3. The van der Waals surface area contributed by atoms with Crippen molar-refractivity contribution in [2.24, 2.45) is 0 Å². The number of hydrogen-bond acceptors (Lipinski definition) is 3. The molecular formula is C21H24N2O3. The predicted octanol–water partition coefficient (Wildman–Crippen LogP) is 3.60. The summed E-state index contributed by atoms with van der Waals surface area (Å²) in [5.41, 5.74) is 3.77. The third-order valence-electron chi connectivity index (χ3n) is 4.62. The van der Waals surface area contributed by atoms with Crippen LogP contribution in [0.5, 0.6) is 0 Å². The van der Waals surface area contributed by atoms with Crippen LogP contribution < -0.4 is 5.76 Å². The van der Waals surface area contributed by atoms with Crippen molar-refractivity contribution in [3.05, 3.63) is 70.2 Å². The molecule has 0 saturated heterocycles. The minimum atomic E-state index is -0.372. The topological polar surface area (TPSA) is 55.5 Å². The smallest absolute Gasteiger partial charge is 0.408 e. The Morgan fingerprint density at radius 1 is 1.08 bits per heavy atom. The lowest BCUT2D eigenvalue weighted by Crippen LogP contribution is -2.26. The average molecular weight is 352 g/mol. The molecule has 0 spiro atoms. The molecule has 0 aliphatic rings. The molecule has 0 bridgehead atoms. The van der Waals surface area contributed by atoms with Crippen molar-refractivity contribution in [2.45, 2.75) is 39.3 Å². The first-order valence-corrected chi connectivity index (χ1v) is 8.98. The van der Waals surface area contributed by atoms with E-state index in [9.17, 15) is 9.59 Å². The van der Waals surface area contributed by atoms with Gasteiger partial charge in [0.1, 0.15) is 0 Å². The normalized spacial score (nSPS) is 11.0. The summed E-state index contributed by atoms with van der Waals surface area (Å²) in [4.78, 5) is 26.0. The zero-order valence-electron chi connectivity index (χ0n) is 15.3. The summed E-state index contributed by atoms with van der Waals surface area (Å²) >= 11 is 0. The molecule has 0 atom stereocenters. The largest absolute Gasteiger partial charge is 0.419 e. The van der Waals surface area contributed by atoms with Crippen molar-refractivity contribution in [3.8, 4) is 0 Å². The van der Waals surface area contributed by atoms with E-state index in [0.717, 1.165) is 17.5 Å². The monoisotopic (exact) mass is 352 g/mol. The van der Waals surface area contributed by atoms with E-state index < -0.39 is 0 Å². The Morgan fingerprint density at radius 2 is 1.77 bits per heavy atom. The number of oxazole rings is 1. The molecule has 0 saturated carbocycles. The summed E-state index contributed by atoms with van der Waals surface area (Å²) in [5.74, 6) is -0.298. The van der Waals surface area contributed by atoms with E-state index in [2.05, 4.69) is 31.2 Å². The second-order valence-electron chi connectivity index (χ2n) is 6.51. The van der Waals surface area contributed by atoms with E-state index in [1.54, 1.807) is 15.5 Å². The van der Waals surface area contributed by atoms with Crippen LogP contribution in [-0.2, 0) is 24.3 Å². The molecule has 1 amide bonds. The molecule has 5 heteroatoms. The molecular weight excluding hydrogens is 328 g/mol. The highest BCUT2D eigenvalue weighted by Crippen LogP contribution is 2.13. The number of fused-ring (bicyclic) bond motifs is 1. The lowest BCUT2D eigenvalue weighted by molar-refractivity contribution is -0.130. The fourth-order valence-electron chi connectivity index (χ4n) is 3.05. The van der Waals surface area contributed by atoms with Crippen LogP contribution in [0.25, 0.3) is 11.1 Å². The summed E-state index contributed by atoms with van der Waals surface area (Å²) in [5, 5.41) is 0. The van der Waals surface area contributed by atoms with Gasteiger partial charge in [-0.3, -0.25) is 9.36 Å². The summed E-state index contributed by atoms with van der Waals surface area (Å²) < 4.78 is 6.80. The third kappa shape index (κ3) is 4.04. The Bertz CT molecular complexity index is 938. The molecule has 0 aliphatic carbocycles. The third-order valence-corrected chi connectivity index (χ3v) is 4.62. The van der Waals surface area contributed by atoms with Gasteiger partial charge in [-0.2, -0.15) is 0 Å². The van der Waals surface area contributed by atoms with Crippen molar-refractivity contribution < 1.29 is 9.21 Å². The Balaban J connectivity index is 1.54. The maximum Gasteiger partial charge on any atom is 0.419 e. The Morgan fingerprint density at radius 3 is 2.50 bits per heavy atom. The molecule has 26 heavy (non-hydrogen) atoms. The van der Waals surface area contributed by atoms with Gasteiger partial charge in [-0.05, 0) is 36.1 Å². The van der Waals surface area contributed by atoms with Crippen LogP contribution >= 0.6 is 0 Å². The number of rotatable bonds is 7. The lowest BCUT2D eigenvalue weighted by atomic mass is 10.1. The second-order valence-corrected chi connectivity index (χ2v) is 6.51. The fraction of sp³-hybridized carbons (Fsp3) is 0.333. The number of para-hydroxylation sites is 2. The zero-order chi connectivity index (χ0) is 18.5. The van der Waals surface area contributed by atoms with Gasteiger partial charge in [0.2, 0.25) is 5.91 Å². The number of aromatic nitrogens is 1. The average Bonchev–Trinajstić information content (AvgIpc) is 2.97. The molecule has 3 aromatic rings. The van der Waals surface area contributed by atoms with Gasteiger partial charge in [0.15, 0.2) is 5.58 Å². The van der Waals surface area contributed by atoms with Crippen molar-refractivity contribution in [1.82, 2.24) is 9.47 Å². The van der Waals surface area contributed by atoms with E-state index >= 15 is 0 Å². The second kappa shape index (κ2) is 8.04. The molecule has 0 fully saturated rings. The molecule has 1 heterocycles. The Hall–Kier alpha value is -2.82. The summed E-state index contributed by atoms with van der Waals surface area (Å²) in [6.07, 6.45) is 2.01. The fourth-order valence-corrected chi connectivity index (χ4v) is 3.05. The Labute approximate surface area is 152 Å².